The highest BCUT2D eigenvalue weighted by molar-refractivity contribution is 5.72. The first-order chi connectivity index (χ1) is 3.31. The number of hydrogen-bond donors (Lipinski definition) is 0. The normalized spacial score (nSPS) is 11.6. The highest BCUT2D eigenvalue weighted by atomic mass is 16.5. The van der Waals surface area contributed by atoms with Gasteiger partial charge in [0, 0.05) is 13.5 Å². The summed E-state index contributed by atoms with van der Waals surface area (Å²) in [4.78, 5) is 3.94. The van der Waals surface area contributed by atoms with Crippen LogP contribution in [-0.4, -0.2) is 19.6 Å². The Morgan fingerprint density at radius 3 is 2.43 bits per heavy atom. The number of nitrogens with zero attached hydrogens (tertiary/aromatic N) is 1. The Hall–Kier alpha value is -0.530. The number of ether oxygens (including phenoxy) is 1. The molecule has 2 heteroatoms. The van der Waals surface area contributed by atoms with E-state index in [0.717, 1.165) is 12.4 Å². The van der Waals surface area contributed by atoms with Crippen LogP contribution in [0.1, 0.15) is 13.8 Å². The molecular formula is C5H11NO. The molecule has 0 aliphatic carbocycles. The summed E-state index contributed by atoms with van der Waals surface area (Å²) in [6, 6.07) is 0. The van der Waals surface area contributed by atoms with Crippen molar-refractivity contribution in [3.8, 4) is 0 Å². The summed E-state index contributed by atoms with van der Waals surface area (Å²) < 4.78 is 4.74. The Morgan fingerprint density at radius 1 is 1.71 bits per heavy atom. The zero-order valence-corrected chi connectivity index (χ0v) is 5.06. The van der Waals surface area contributed by atoms with Gasteiger partial charge in [0.2, 0.25) is 0 Å². The van der Waals surface area contributed by atoms with E-state index in [4.69, 9.17) is 4.74 Å². The van der Waals surface area contributed by atoms with Gasteiger partial charge in [-0.1, -0.05) is 0 Å². The van der Waals surface area contributed by atoms with Gasteiger partial charge >= 0.3 is 0 Å². The molecule has 0 saturated heterocycles. The van der Waals surface area contributed by atoms with Crippen molar-refractivity contribution in [2.75, 3.05) is 13.7 Å². The van der Waals surface area contributed by atoms with Crippen LogP contribution in [0.2, 0.25) is 0 Å². The van der Waals surface area contributed by atoms with E-state index in [1.807, 2.05) is 13.8 Å². The van der Waals surface area contributed by atoms with Crippen molar-refractivity contribution in [2.24, 2.45) is 4.99 Å². The third kappa shape index (κ3) is 3.30. The molecule has 7 heavy (non-hydrogen) atoms. The van der Waals surface area contributed by atoms with E-state index in [-0.39, 0.29) is 0 Å². The van der Waals surface area contributed by atoms with Gasteiger partial charge in [-0.2, -0.15) is 0 Å². The quantitative estimate of drug-likeness (QED) is 0.357. The van der Waals surface area contributed by atoms with E-state index in [2.05, 4.69) is 4.99 Å². The minimum atomic E-state index is 0.752. The lowest BCUT2D eigenvalue weighted by atomic mass is 10.7. The molecule has 42 valence electrons. The molecule has 2 nitrogen and oxygen atoms in total. The molecule has 0 aromatic heterocycles. The number of aliphatic imine (C=N–C) groups is 1. The Labute approximate surface area is 44.2 Å². The van der Waals surface area contributed by atoms with E-state index >= 15 is 0 Å². The molecule has 0 spiro atoms. The highest BCUT2D eigenvalue weighted by Crippen LogP contribution is 1.75. The summed E-state index contributed by atoms with van der Waals surface area (Å²) >= 11 is 0. The maximum atomic E-state index is 4.74. The van der Waals surface area contributed by atoms with Crippen molar-refractivity contribution in [3.63, 3.8) is 0 Å². The van der Waals surface area contributed by atoms with Crippen LogP contribution >= 0.6 is 0 Å². The van der Waals surface area contributed by atoms with Gasteiger partial charge in [0.1, 0.15) is 0 Å². The second kappa shape index (κ2) is 3.65. The van der Waals surface area contributed by atoms with Gasteiger partial charge in [-0.05, 0) is 6.92 Å². The van der Waals surface area contributed by atoms with Crippen molar-refractivity contribution in [1.29, 1.82) is 0 Å². The molecule has 0 bridgehead atoms. The number of rotatable bonds is 1. The van der Waals surface area contributed by atoms with E-state index in [9.17, 15) is 0 Å². The van der Waals surface area contributed by atoms with Crippen LogP contribution < -0.4 is 0 Å². The van der Waals surface area contributed by atoms with Crippen LogP contribution in [0.25, 0.3) is 0 Å². The summed E-state index contributed by atoms with van der Waals surface area (Å²) in [5, 5.41) is 0. The van der Waals surface area contributed by atoms with Crippen molar-refractivity contribution in [3.05, 3.63) is 0 Å². The van der Waals surface area contributed by atoms with Gasteiger partial charge in [-0.25, -0.2) is 0 Å². The molecule has 0 aliphatic rings. The fraction of sp³-hybridized carbons (Fsp3) is 0.800. The minimum Gasteiger partial charge on any atom is -0.484 e. The monoisotopic (exact) mass is 101 g/mol. The third-order valence-corrected chi connectivity index (χ3v) is 0.676. The van der Waals surface area contributed by atoms with Crippen molar-refractivity contribution >= 4 is 5.90 Å². The molecular weight excluding hydrogens is 90.1 g/mol. The Morgan fingerprint density at radius 2 is 2.29 bits per heavy atom. The molecule has 0 aliphatic heterocycles. The first kappa shape index (κ1) is 6.47. The van der Waals surface area contributed by atoms with Crippen molar-refractivity contribution in [1.82, 2.24) is 0 Å². The summed E-state index contributed by atoms with van der Waals surface area (Å²) in [7, 11) is 1.62. The van der Waals surface area contributed by atoms with Gasteiger partial charge in [-0.3, -0.25) is 4.99 Å². The summed E-state index contributed by atoms with van der Waals surface area (Å²) in [5.74, 6) is 0.752. The number of methoxy groups -OCH3 is 1. The minimum absolute atomic E-state index is 0.752. The Balaban J connectivity index is 3.29. The standard InChI is InChI=1S/C5H11NO/c1-4-6-5(2)7-3/h4H2,1-3H3. The maximum absolute atomic E-state index is 4.74. The largest absolute Gasteiger partial charge is 0.484 e. The predicted octanol–water partition coefficient (Wildman–Crippen LogP) is 1.07. The molecule has 0 heterocycles. The summed E-state index contributed by atoms with van der Waals surface area (Å²) in [6.07, 6.45) is 0. The van der Waals surface area contributed by atoms with Gasteiger partial charge in [-0.15, -0.1) is 0 Å². The lowest BCUT2D eigenvalue weighted by Crippen LogP contribution is -1.93. The van der Waals surface area contributed by atoms with Crippen LogP contribution in [0.3, 0.4) is 0 Å². The molecule has 0 unspecified atom stereocenters. The van der Waals surface area contributed by atoms with E-state index < -0.39 is 0 Å². The second-order valence-corrected chi connectivity index (χ2v) is 1.20. The number of hydrogen-bond acceptors (Lipinski definition) is 2. The van der Waals surface area contributed by atoms with Crippen LogP contribution in [0.15, 0.2) is 4.99 Å². The van der Waals surface area contributed by atoms with Gasteiger partial charge in [0.15, 0.2) is 5.90 Å². The smallest absolute Gasteiger partial charge is 0.179 e. The molecule has 0 radical (unpaired) electrons. The van der Waals surface area contributed by atoms with Crippen molar-refractivity contribution < 1.29 is 4.74 Å². The molecule has 0 amide bonds. The second-order valence-electron chi connectivity index (χ2n) is 1.20. The summed E-state index contributed by atoms with van der Waals surface area (Å²) in [6.45, 7) is 4.62. The third-order valence-electron chi connectivity index (χ3n) is 0.676. The van der Waals surface area contributed by atoms with Crippen LogP contribution in [-0.2, 0) is 4.74 Å². The Kier molecular flexibility index (Phi) is 3.38. The zero-order chi connectivity index (χ0) is 5.70. The zero-order valence-electron chi connectivity index (χ0n) is 5.06. The van der Waals surface area contributed by atoms with Gasteiger partial charge in [0.05, 0.1) is 7.11 Å². The molecule has 0 rings (SSSR count). The molecule has 0 fully saturated rings. The maximum Gasteiger partial charge on any atom is 0.179 e. The fourth-order valence-corrected chi connectivity index (χ4v) is 0.287. The fourth-order valence-electron chi connectivity index (χ4n) is 0.287. The highest BCUT2D eigenvalue weighted by Gasteiger charge is 1.77. The topological polar surface area (TPSA) is 21.6 Å². The van der Waals surface area contributed by atoms with E-state index in [1.165, 1.54) is 0 Å². The molecule has 0 saturated carbocycles. The first-order valence-corrected chi connectivity index (χ1v) is 2.36. The SMILES string of the molecule is CCN=C(C)OC. The van der Waals surface area contributed by atoms with Gasteiger partial charge in [0.25, 0.3) is 0 Å². The van der Waals surface area contributed by atoms with Crippen LogP contribution in [0, 0.1) is 0 Å². The van der Waals surface area contributed by atoms with Crippen LogP contribution in [0.5, 0.6) is 0 Å². The van der Waals surface area contributed by atoms with Crippen molar-refractivity contribution in [2.45, 2.75) is 13.8 Å². The molecule has 0 aromatic carbocycles. The predicted molar refractivity (Wildman–Crippen MR) is 30.7 cm³/mol. The molecule has 0 N–H and O–H groups in total. The van der Waals surface area contributed by atoms with E-state index in [0.29, 0.717) is 0 Å². The van der Waals surface area contributed by atoms with E-state index in [1.54, 1.807) is 7.11 Å². The lowest BCUT2D eigenvalue weighted by molar-refractivity contribution is 0.398. The van der Waals surface area contributed by atoms with Gasteiger partial charge < -0.3 is 4.74 Å². The average Bonchev–Trinajstić information content (AvgIpc) is 1.68. The Bertz CT molecular complexity index is 68.5. The summed E-state index contributed by atoms with van der Waals surface area (Å²) in [5.41, 5.74) is 0. The molecule has 0 atom stereocenters. The lowest BCUT2D eigenvalue weighted by Gasteiger charge is -1.92. The molecule has 0 aromatic rings. The van der Waals surface area contributed by atoms with Crippen LogP contribution in [0.4, 0.5) is 0 Å². The first-order valence-electron chi connectivity index (χ1n) is 2.36. The average molecular weight is 101 g/mol.